The summed E-state index contributed by atoms with van der Waals surface area (Å²) in [5.74, 6) is -1.14. The average molecular weight is 711 g/mol. The summed E-state index contributed by atoms with van der Waals surface area (Å²) in [6.07, 6.45) is 3.22. The Labute approximate surface area is 289 Å². The number of aliphatic imine (C=N–C) groups is 1. The Balaban J connectivity index is 1.32. The number of carbonyl (C=O) groups excluding carboxylic acids is 2. The highest BCUT2D eigenvalue weighted by atomic mass is 32.2. The molecule has 1 atom stereocenters. The second-order valence-electron chi connectivity index (χ2n) is 12.4. The zero-order valence-electron chi connectivity index (χ0n) is 27.3. The molecule has 13 nitrogen and oxygen atoms in total. The van der Waals surface area contributed by atoms with Gasteiger partial charge in [0.25, 0.3) is 15.9 Å². The Kier molecular flexibility index (Phi) is 11.6. The molecule has 3 heterocycles. The number of anilines is 1. The maximum atomic E-state index is 14.0. The number of likely N-dealkylation sites (tertiary alicyclic amines) is 1. The molecule has 49 heavy (non-hydrogen) atoms. The van der Waals surface area contributed by atoms with Crippen LogP contribution in [0.15, 0.2) is 57.7 Å². The van der Waals surface area contributed by atoms with Gasteiger partial charge in [-0.1, -0.05) is 18.2 Å². The smallest absolute Gasteiger partial charge is 0.303 e. The molecule has 1 fully saturated rings. The molecule has 3 aromatic rings. The van der Waals surface area contributed by atoms with E-state index in [9.17, 15) is 22.8 Å². The summed E-state index contributed by atoms with van der Waals surface area (Å²) in [6.45, 7) is 4.38. The lowest BCUT2D eigenvalue weighted by Crippen LogP contribution is -2.39. The summed E-state index contributed by atoms with van der Waals surface area (Å²) in [4.78, 5) is 42.9. The van der Waals surface area contributed by atoms with Crippen molar-refractivity contribution in [2.24, 2.45) is 22.4 Å². The molecule has 0 radical (unpaired) electrons. The molecule has 1 aromatic heterocycles. The van der Waals surface area contributed by atoms with Crippen molar-refractivity contribution in [2.45, 2.75) is 62.9 Å². The third-order valence-electron chi connectivity index (χ3n) is 8.73. The molecule has 15 heteroatoms. The molecule has 5 rings (SSSR count). The van der Waals surface area contributed by atoms with Crippen LogP contribution in [0.25, 0.3) is 11.1 Å². The number of benzene rings is 2. The van der Waals surface area contributed by atoms with Crippen LogP contribution in [0.2, 0.25) is 0 Å². The van der Waals surface area contributed by atoms with E-state index >= 15 is 0 Å². The van der Waals surface area contributed by atoms with Crippen molar-refractivity contribution < 1.29 is 32.6 Å². The number of nitrogens with two attached hydrogens (primary N) is 2. The molecule has 0 aliphatic carbocycles. The van der Waals surface area contributed by atoms with Crippen LogP contribution in [0.5, 0.6) is 5.75 Å². The maximum absolute atomic E-state index is 14.0. The number of carbonyl (C=O) groups is 3. The Morgan fingerprint density at radius 2 is 1.90 bits per heavy atom. The zero-order chi connectivity index (χ0) is 35.1. The minimum Gasteiger partial charge on any atom is -0.492 e. The highest BCUT2D eigenvalue weighted by Gasteiger charge is 2.29. The van der Waals surface area contributed by atoms with Crippen LogP contribution in [-0.4, -0.2) is 74.3 Å². The standard InChI is InChI=1S/C34H42N6O7S2/c1-21(41)27(6-3-11-37-34(35)36)38-33(44)32-28(10-15-48-32)39-49(45,46)29-19-26(18-25-9-14-47-31(25)29)24-5-2-4-23(16-24)20-40-12-7-22(8-13-40)17-30(42)43/h2,4-5,10,15-16,18-19,22,27,39H,3,6-9,11-14,17,20H2,1H3,(H,38,44)(H,42,43)(H4,35,36,37). The van der Waals surface area contributed by atoms with Crippen molar-refractivity contribution in [1.29, 1.82) is 0 Å². The minimum absolute atomic E-state index is 0.0256. The molecular weight excluding hydrogens is 669 g/mol. The maximum Gasteiger partial charge on any atom is 0.303 e. The van der Waals surface area contributed by atoms with Crippen LogP contribution >= 0.6 is 11.3 Å². The molecule has 1 amide bonds. The highest BCUT2D eigenvalue weighted by molar-refractivity contribution is 7.92. The van der Waals surface area contributed by atoms with E-state index in [2.05, 4.69) is 26.0 Å². The molecule has 2 aliphatic rings. The number of carboxylic acid groups (broad SMARTS) is 1. The van der Waals surface area contributed by atoms with E-state index in [1.807, 2.05) is 24.3 Å². The Morgan fingerprint density at radius 1 is 1.12 bits per heavy atom. The Hall–Kier alpha value is -4.47. The molecule has 1 unspecified atom stereocenters. The topological polar surface area (TPSA) is 207 Å². The summed E-state index contributed by atoms with van der Waals surface area (Å²) >= 11 is 1.06. The van der Waals surface area contributed by atoms with Crippen molar-refractivity contribution in [3.05, 3.63) is 63.8 Å². The normalized spacial score (nSPS) is 15.5. The largest absolute Gasteiger partial charge is 0.492 e. The van der Waals surface area contributed by atoms with Crippen LogP contribution in [0.3, 0.4) is 0 Å². The van der Waals surface area contributed by atoms with Crippen LogP contribution < -0.4 is 26.2 Å². The lowest BCUT2D eigenvalue weighted by Gasteiger charge is -2.31. The molecular formula is C34H42N6O7S2. The predicted octanol–water partition coefficient (Wildman–Crippen LogP) is 3.58. The first kappa shape index (κ1) is 35.8. The number of hydrogen-bond acceptors (Lipinski definition) is 9. The van der Waals surface area contributed by atoms with E-state index in [1.54, 1.807) is 11.4 Å². The monoisotopic (exact) mass is 710 g/mol. The van der Waals surface area contributed by atoms with Crippen molar-refractivity contribution in [3.63, 3.8) is 0 Å². The number of aliphatic carboxylic acids is 1. The van der Waals surface area contributed by atoms with E-state index in [-0.39, 0.29) is 45.3 Å². The van der Waals surface area contributed by atoms with Gasteiger partial charge in [-0.25, -0.2) is 8.42 Å². The number of amides is 1. The fourth-order valence-corrected chi connectivity index (χ4v) is 8.31. The number of ketones is 1. The number of piperidine rings is 1. The third kappa shape index (κ3) is 9.37. The number of guanidine groups is 1. The van der Waals surface area contributed by atoms with Gasteiger partial charge in [-0.2, -0.15) is 0 Å². The second-order valence-corrected chi connectivity index (χ2v) is 15.0. The van der Waals surface area contributed by atoms with Gasteiger partial charge in [0.05, 0.1) is 18.3 Å². The fraction of sp³-hybridized carbons (Fsp3) is 0.412. The SMILES string of the molecule is CC(=O)C(CCCN=C(N)N)NC(=O)c1sccc1NS(=O)(=O)c1cc(-c2cccc(CN3CCC(CC(=O)O)CC3)c2)cc2c1OCC2. The second kappa shape index (κ2) is 15.8. The molecule has 1 saturated heterocycles. The number of thiophene rings is 1. The first-order valence-corrected chi connectivity index (χ1v) is 18.6. The van der Waals surface area contributed by atoms with Gasteiger partial charge in [0.15, 0.2) is 11.7 Å². The first-order valence-electron chi connectivity index (χ1n) is 16.2. The summed E-state index contributed by atoms with van der Waals surface area (Å²) in [7, 11) is -4.22. The van der Waals surface area contributed by atoms with Crippen LogP contribution in [0.1, 0.15) is 59.8 Å². The van der Waals surface area contributed by atoms with Gasteiger partial charge in [-0.3, -0.25) is 29.0 Å². The van der Waals surface area contributed by atoms with E-state index < -0.39 is 27.9 Å². The Bertz CT molecular complexity index is 1830. The molecule has 0 bridgehead atoms. The van der Waals surface area contributed by atoms with Gasteiger partial charge >= 0.3 is 5.97 Å². The zero-order valence-corrected chi connectivity index (χ0v) is 28.9. The predicted molar refractivity (Wildman–Crippen MR) is 188 cm³/mol. The van der Waals surface area contributed by atoms with E-state index in [1.165, 1.54) is 13.0 Å². The fourth-order valence-electron chi connectivity index (χ4n) is 6.21. The number of nitrogens with zero attached hydrogens (tertiary/aromatic N) is 2. The van der Waals surface area contributed by atoms with Crippen molar-refractivity contribution >= 4 is 50.7 Å². The van der Waals surface area contributed by atoms with E-state index in [0.717, 1.165) is 59.5 Å². The van der Waals surface area contributed by atoms with Crippen molar-refractivity contribution in [1.82, 2.24) is 10.2 Å². The summed E-state index contributed by atoms with van der Waals surface area (Å²) in [6, 6.07) is 12.2. The van der Waals surface area contributed by atoms with Crippen molar-refractivity contribution in [2.75, 3.05) is 31.0 Å². The van der Waals surface area contributed by atoms with Crippen LogP contribution in [0.4, 0.5) is 5.69 Å². The lowest BCUT2D eigenvalue weighted by molar-refractivity contribution is -0.138. The number of sulfonamides is 1. The van der Waals surface area contributed by atoms with Gasteiger partial charge < -0.3 is 26.6 Å². The quantitative estimate of drug-likeness (QED) is 0.0880. The number of rotatable bonds is 15. The molecule has 0 spiro atoms. The van der Waals surface area contributed by atoms with E-state index in [0.29, 0.717) is 39.0 Å². The highest BCUT2D eigenvalue weighted by Crippen LogP contribution is 2.39. The van der Waals surface area contributed by atoms with Gasteiger partial charge in [0, 0.05) is 25.9 Å². The van der Waals surface area contributed by atoms with E-state index in [4.69, 9.17) is 21.3 Å². The van der Waals surface area contributed by atoms with Crippen molar-refractivity contribution in [3.8, 4) is 16.9 Å². The molecule has 2 aromatic carbocycles. The van der Waals surface area contributed by atoms with Gasteiger partial charge in [-0.05, 0) is 104 Å². The lowest BCUT2D eigenvalue weighted by atomic mass is 9.93. The third-order valence-corrected chi connectivity index (χ3v) is 11.0. The molecule has 7 N–H and O–H groups in total. The number of Topliss-reactive ketones (excluding diaryl/α,β-unsaturated/α-hetero) is 1. The number of hydrogen-bond donors (Lipinski definition) is 5. The van der Waals surface area contributed by atoms with Crippen LogP contribution in [-0.2, 0) is 32.6 Å². The summed E-state index contributed by atoms with van der Waals surface area (Å²) in [5, 5.41) is 13.4. The number of fused-ring (bicyclic) bond motifs is 1. The number of ether oxygens (including phenoxy) is 1. The van der Waals surface area contributed by atoms with Gasteiger partial charge in [0.2, 0.25) is 0 Å². The number of nitrogens with one attached hydrogen (secondary N) is 2. The number of carboxylic acids is 1. The van der Waals surface area contributed by atoms with Gasteiger partial charge in [-0.15, -0.1) is 11.3 Å². The molecule has 2 aliphatic heterocycles. The summed E-state index contributed by atoms with van der Waals surface area (Å²) < 4.78 is 36.3. The van der Waals surface area contributed by atoms with Gasteiger partial charge in [0.1, 0.15) is 15.5 Å². The minimum atomic E-state index is -4.22. The Morgan fingerprint density at radius 3 is 2.61 bits per heavy atom. The molecule has 0 saturated carbocycles. The van der Waals surface area contributed by atoms with Crippen LogP contribution in [0, 0.1) is 5.92 Å². The average Bonchev–Trinajstić information content (AvgIpc) is 3.72. The first-order chi connectivity index (χ1) is 23.4. The molecule has 262 valence electrons. The summed E-state index contributed by atoms with van der Waals surface area (Å²) in [5.41, 5.74) is 14.2.